The normalized spacial score (nSPS) is 17.5. The molecule has 1 atom stereocenters. The summed E-state index contributed by atoms with van der Waals surface area (Å²) in [6.45, 7) is 0.754. The lowest BCUT2D eigenvalue weighted by Crippen LogP contribution is -2.21. The van der Waals surface area contributed by atoms with Crippen molar-refractivity contribution in [1.82, 2.24) is 15.0 Å². The number of alkyl halides is 1. The summed E-state index contributed by atoms with van der Waals surface area (Å²) in [6, 6.07) is 8.19. The van der Waals surface area contributed by atoms with Gasteiger partial charge in [0.05, 0.1) is 12.2 Å². The van der Waals surface area contributed by atoms with Crippen molar-refractivity contribution in [2.45, 2.75) is 25.5 Å². The molecule has 0 amide bonds. The molecule has 0 N–H and O–H groups in total. The van der Waals surface area contributed by atoms with Gasteiger partial charge in [-0.1, -0.05) is 39.3 Å². The molecular formula is C13H14BrN3O. The number of halogens is 1. The number of rotatable bonds is 4. The molecular weight excluding hydrogens is 294 g/mol. The first-order valence-electron chi connectivity index (χ1n) is 6.04. The maximum absolute atomic E-state index is 5.88. The average molecular weight is 308 g/mol. The first-order valence-corrected chi connectivity index (χ1v) is 7.17. The van der Waals surface area contributed by atoms with Crippen molar-refractivity contribution in [3.63, 3.8) is 0 Å². The SMILES string of the molecule is BrCCc1cn(CC2Cc3ccccc3O2)nn1. The van der Waals surface area contributed by atoms with Crippen LogP contribution in [0.5, 0.6) is 5.75 Å². The minimum absolute atomic E-state index is 0.168. The third kappa shape index (κ3) is 2.41. The smallest absolute Gasteiger partial charge is 0.123 e. The highest BCUT2D eigenvalue weighted by atomic mass is 79.9. The molecule has 0 aliphatic carbocycles. The second kappa shape index (κ2) is 5.10. The first kappa shape index (κ1) is 11.7. The standard InChI is InChI=1S/C13H14BrN3O/c14-6-5-11-8-17(16-15-11)9-12-7-10-3-1-2-4-13(10)18-12/h1-4,8,12H,5-7,9H2. The van der Waals surface area contributed by atoms with Gasteiger partial charge in [0.2, 0.25) is 0 Å². The van der Waals surface area contributed by atoms with Gasteiger partial charge >= 0.3 is 0 Å². The quantitative estimate of drug-likeness (QED) is 0.813. The van der Waals surface area contributed by atoms with E-state index in [0.717, 1.165) is 36.2 Å². The molecule has 94 valence electrons. The lowest BCUT2D eigenvalue weighted by molar-refractivity contribution is 0.202. The Morgan fingerprint density at radius 1 is 1.39 bits per heavy atom. The maximum atomic E-state index is 5.88. The van der Waals surface area contributed by atoms with Crippen molar-refractivity contribution in [3.05, 3.63) is 41.7 Å². The summed E-state index contributed by atoms with van der Waals surface area (Å²) in [6.07, 6.45) is 4.02. The predicted octanol–water partition coefficient (Wildman–Crippen LogP) is 2.22. The molecule has 3 rings (SSSR count). The minimum atomic E-state index is 0.168. The largest absolute Gasteiger partial charge is 0.488 e. The molecule has 0 radical (unpaired) electrons. The zero-order chi connectivity index (χ0) is 12.4. The number of hydrogen-bond acceptors (Lipinski definition) is 3. The van der Waals surface area contributed by atoms with Crippen molar-refractivity contribution in [3.8, 4) is 5.75 Å². The second-order valence-corrected chi connectivity index (χ2v) is 5.22. The van der Waals surface area contributed by atoms with Gasteiger partial charge in [-0.05, 0) is 11.6 Å². The van der Waals surface area contributed by atoms with Gasteiger partial charge in [0.15, 0.2) is 0 Å². The predicted molar refractivity (Wildman–Crippen MR) is 72.1 cm³/mol. The van der Waals surface area contributed by atoms with Crippen LogP contribution in [0.1, 0.15) is 11.3 Å². The van der Waals surface area contributed by atoms with Gasteiger partial charge < -0.3 is 4.74 Å². The van der Waals surface area contributed by atoms with E-state index < -0.39 is 0 Å². The molecule has 5 heteroatoms. The van der Waals surface area contributed by atoms with Crippen LogP contribution in [0.25, 0.3) is 0 Å². The van der Waals surface area contributed by atoms with E-state index in [0.29, 0.717) is 0 Å². The number of aromatic nitrogens is 3. The number of para-hydroxylation sites is 1. The first-order chi connectivity index (χ1) is 8.85. The number of aryl methyl sites for hydroxylation is 1. The molecule has 1 aromatic carbocycles. The molecule has 1 unspecified atom stereocenters. The van der Waals surface area contributed by atoms with Crippen LogP contribution >= 0.6 is 15.9 Å². The van der Waals surface area contributed by atoms with Gasteiger partial charge in [-0.15, -0.1) is 5.10 Å². The Morgan fingerprint density at radius 2 is 2.28 bits per heavy atom. The number of nitrogens with zero attached hydrogens (tertiary/aromatic N) is 3. The Labute approximate surface area is 114 Å². The lowest BCUT2D eigenvalue weighted by atomic mass is 10.1. The molecule has 2 aromatic rings. The second-order valence-electron chi connectivity index (χ2n) is 4.42. The number of ether oxygens (including phenoxy) is 1. The molecule has 4 nitrogen and oxygen atoms in total. The highest BCUT2D eigenvalue weighted by molar-refractivity contribution is 9.09. The van der Waals surface area contributed by atoms with Gasteiger partial charge in [0.1, 0.15) is 11.9 Å². The summed E-state index contributed by atoms with van der Waals surface area (Å²) in [4.78, 5) is 0. The average Bonchev–Trinajstić information content (AvgIpc) is 2.96. The van der Waals surface area contributed by atoms with Crippen LogP contribution in [0.15, 0.2) is 30.5 Å². The van der Waals surface area contributed by atoms with Gasteiger partial charge in [-0.2, -0.15) is 0 Å². The summed E-state index contributed by atoms with van der Waals surface area (Å²) < 4.78 is 7.75. The molecule has 1 aromatic heterocycles. The highest BCUT2D eigenvalue weighted by Gasteiger charge is 2.22. The molecule has 0 saturated heterocycles. The molecule has 0 spiro atoms. The Hall–Kier alpha value is -1.36. The lowest BCUT2D eigenvalue weighted by Gasteiger charge is -2.09. The van der Waals surface area contributed by atoms with Crippen molar-refractivity contribution >= 4 is 15.9 Å². The van der Waals surface area contributed by atoms with Crippen molar-refractivity contribution in [2.24, 2.45) is 0 Å². The van der Waals surface area contributed by atoms with E-state index in [4.69, 9.17) is 4.74 Å². The maximum Gasteiger partial charge on any atom is 0.123 e. The molecule has 18 heavy (non-hydrogen) atoms. The molecule has 0 bridgehead atoms. The van der Waals surface area contributed by atoms with E-state index in [9.17, 15) is 0 Å². The van der Waals surface area contributed by atoms with E-state index in [2.05, 4.69) is 32.3 Å². The fourth-order valence-electron chi connectivity index (χ4n) is 2.20. The Morgan fingerprint density at radius 3 is 3.11 bits per heavy atom. The van der Waals surface area contributed by atoms with Crippen molar-refractivity contribution < 1.29 is 4.74 Å². The van der Waals surface area contributed by atoms with Crippen LogP contribution in [0, 0.1) is 0 Å². The molecule has 0 saturated carbocycles. The third-order valence-electron chi connectivity index (χ3n) is 3.04. The van der Waals surface area contributed by atoms with E-state index >= 15 is 0 Å². The highest BCUT2D eigenvalue weighted by Crippen LogP contribution is 2.28. The summed E-state index contributed by atoms with van der Waals surface area (Å²) in [5, 5.41) is 9.17. The topological polar surface area (TPSA) is 39.9 Å². The number of benzene rings is 1. The van der Waals surface area contributed by atoms with Crippen LogP contribution < -0.4 is 4.74 Å². The fraction of sp³-hybridized carbons (Fsp3) is 0.385. The summed E-state index contributed by atoms with van der Waals surface area (Å²) in [5.74, 6) is 1.00. The van der Waals surface area contributed by atoms with Crippen LogP contribution in [0.4, 0.5) is 0 Å². The monoisotopic (exact) mass is 307 g/mol. The molecule has 1 aliphatic heterocycles. The van der Waals surface area contributed by atoms with Crippen LogP contribution in [0.2, 0.25) is 0 Å². The Balaban J connectivity index is 1.65. The van der Waals surface area contributed by atoms with E-state index in [-0.39, 0.29) is 6.10 Å². The van der Waals surface area contributed by atoms with E-state index in [1.165, 1.54) is 5.56 Å². The van der Waals surface area contributed by atoms with Crippen LogP contribution in [0.3, 0.4) is 0 Å². The summed E-state index contributed by atoms with van der Waals surface area (Å²) in [7, 11) is 0. The number of fused-ring (bicyclic) bond motifs is 1. The van der Waals surface area contributed by atoms with Gasteiger partial charge in [-0.3, -0.25) is 0 Å². The zero-order valence-electron chi connectivity index (χ0n) is 9.92. The van der Waals surface area contributed by atoms with Gasteiger partial charge in [0, 0.05) is 24.4 Å². The molecule has 0 fully saturated rings. The fourth-order valence-corrected chi connectivity index (χ4v) is 2.61. The Bertz CT molecular complexity index is 516. The summed E-state index contributed by atoms with van der Waals surface area (Å²) >= 11 is 3.40. The minimum Gasteiger partial charge on any atom is -0.488 e. The van der Waals surface area contributed by atoms with Crippen molar-refractivity contribution in [1.29, 1.82) is 0 Å². The van der Waals surface area contributed by atoms with Gasteiger partial charge in [0.25, 0.3) is 0 Å². The molecule has 1 aliphatic rings. The van der Waals surface area contributed by atoms with Crippen LogP contribution in [-0.2, 0) is 19.4 Å². The van der Waals surface area contributed by atoms with E-state index in [1.807, 2.05) is 29.1 Å². The van der Waals surface area contributed by atoms with E-state index in [1.54, 1.807) is 0 Å². The van der Waals surface area contributed by atoms with Crippen molar-refractivity contribution in [2.75, 3.05) is 5.33 Å². The third-order valence-corrected chi connectivity index (χ3v) is 3.44. The van der Waals surface area contributed by atoms with Gasteiger partial charge in [-0.25, -0.2) is 4.68 Å². The summed E-state index contributed by atoms with van der Waals surface area (Å²) in [5.41, 5.74) is 2.30. The molecule has 2 heterocycles. The Kier molecular flexibility index (Phi) is 3.32. The zero-order valence-corrected chi connectivity index (χ0v) is 11.5. The number of hydrogen-bond donors (Lipinski definition) is 0. The van der Waals surface area contributed by atoms with Crippen LogP contribution in [-0.4, -0.2) is 26.4 Å².